The van der Waals surface area contributed by atoms with E-state index in [4.69, 9.17) is 11.6 Å². The molecule has 0 bridgehead atoms. The number of benzene rings is 2. The zero-order valence-electron chi connectivity index (χ0n) is 15.8. The molecule has 2 aromatic carbocycles. The molecule has 31 heavy (non-hydrogen) atoms. The minimum Gasteiger partial charge on any atom is -0.351 e. The van der Waals surface area contributed by atoms with Crippen molar-refractivity contribution < 1.29 is 13.6 Å². The number of para-hydroxylation sites is 1. The van der Waals surface area contributed by atoms with E-state index in [1.54, 1.807) is 17.5 Å². The first-order chi connectivity index (χ1) is 14.9. The molecule has 0 aliphatic heterocycles. The summed E-state index contributed by atoms with van der Waals surface area (Å²) < 4.78 is 29.2. The van der Waals surface area contributed by atoms with Crippen LogP contribution in [-0.2, 0) is 11.3 Å². The lowest BCUT2D eigenvalue weighted by molar-refractivity contribution is -0.118. The van der Waals surface area contributed by atoms with E-state index in [0.717, 1.165) is 11.8 Å². The van der Waals surface area contributed by atoms with Crippen molar-refractivity contribution in [3.63, 3.8) is 0 Å². The lowest BCUT2D eigenvalue weighted by Gasteiger charge is -2.13. The molecule has 2 heterocycles. The summed E-state index contributed by atoms with van der Waals surface area (Å²) in [6.07, 6.45) is 0. The minimum atomic E-state index is -0.570. The van der Waals surface area contributed by atoms with E-state index in [1.165, 1.54) is 52.3 Å². The van der Waals surface area contributed by atoms with Crippen molar-refractivity contribution >= 4 is 50.8 Å². The summed E-state index contributed by atoms with van der Waals surface area (Å²) in [5.74, 6) is -1.43. The van der Waals surface area contributed by atoms with Gasteiger partial charge in [0.15, 0.2) is 5.16 Å². The van der Waals surface area contributed by atoms with Crippen LogP contribution < -0.4 is 10.9 Å². The lowest BCUT2D eigenvalue weighted by Crippen LogP contribution is -2.26. The lowest BCUT2D eigenvalue weighted by atomic mass is 10.2. The van der Waals surface area contributed by atoms with Crippen LogP contribution in [0.5, 0.6) is 0 Å². The van der Waals surface area contributed by atoms with Crippen molar-refractivity contribution in [3.05, 3.63) is 86.5 Å². The summed E-state index contributed by atoms with van der Waals surface area (Å²) in [4.78, 5) is 29.8. The van der Waals surface area contributed by atoms with Gasteiger partial charge in [0.1, 0.15) is 16.3 Å². The number of aromatic nitrogens is 2. The van der Waals surface area contributed by atoms with Crippen LogP contribution in [0.25, 0.3) is 15.9 Å². The van der Waals surface area contributed by atoms with Crippen molar-refractivity contribution in [1.82, 2.24) is 14.9 Å². The fourth-order valence-corrected chi connectivity index (χ4v) is 4.70. The summed E-state index contributed by atoms with van der Waals surface area (Å²) in [6, 6.07) is 11.5. The van der Waals surface area contributed by atoms with Crippen molar-refractivity contribution in [3.8, 4) is 5.69 Å². The first kappa shape index (κ1) is 21.5. The number of hydrogen-bond acceptors (Lipinski definition) is 5. The number of nitrogens with one attached hydrogen (secondary N) is 1. The Balaban J connectivity index is 1.56. The topological polar surface area (TPSA) is 64.0 Å². The second kappa shape index (κ2) is 9.17. The van der Waals surface area contributed by atoms with Gasteiger partial charge in [0.05, 0.1) is 17.0 Å². The number of nitrogens with zero attached hydrogens (tertiary/aromatic N) is 2. The molecule has 5 nitrogen and oxygen atoms in total. The van der Waals surface area contributed by atoms with Gasteiger partial charge in [-0.3, -0.25) is 14.2 Å². The molecule has 158 valence electrons. The number of fused-ring (bicyclic) bond motifs is 1. The van der Waals surface area contributed by atoms with Crippen LogP contribution in [0.4, 0.5) is 8.78 Å². The molecule has 0 aliphatic rings. The number of amides is 1. The Bertz CT molecular complexity index is 1340. The Labute approximate surface area is 188 Å². The second-order valence-corrected chi connectivity index (χ2v) is 8.69. The van der Waals surface area contributed by atoms with Gasteiger partial charge in [-0.25, -0.2) is 13.8 Å². The Morgan fingerprint density at radius 1 is 1.19 bits per heavy atom. The van der Waals surface area contributed by atoms with Crippen molar-refractivity contribution in [2.45, 2.75) is 11.7 Å². The van der Waals surface area contributed by atoms with E-state index in [2.05, 4.69) is 10.3 Å². The third-order valence-electron chi connectivity index (χ3n) is 4.37. The first-order valence-corrected chi connectivity index (χ1v) is 11.3. The molecule has 0 radical (unpaired) electrons. The number of carbonyl (C=O) groups excluding carboxylic acids is 1. The van der Waals surface area contributed by atoms with Gasteiger partial charge in [0.25, 0.3) is 5.56 Å². The van der Waals surface area contributed by atoms with Crippen LogP contribution in [0, 0.1) is 11.6 Å². The standard InChI is InChI=1S/C21H14ClF2N3O2S2/c22-14-9-13(23)6-5-12(14)10-25-18(28)11-31-21-26-16-7-8-30-19(16)20(29)27(21)17-4-2-1-3-15(17)24/h1-9H,10-11H2,(H,25,28). The third-order valence-corrected chi connectivity index (χ3v) is 6.55. The van der Waals surface area contributed by atoms with E-state index >= 15 is 0 Å². The van der Waals surface area contributed by atoms with Gasteiger partial charge in [0, 0.05) is 11.6 Å². The molecule has 0 spiro atoms. The van der Waals surface area contributed by atoms with Gasteiger partial charge in [-0.1, -0.05) is 41.6 Å². The Morgan fingerprint density at radius 3 is 2.77 bits per heavy atom. The van der Waals surface area contributed by atoms with Gasteiger partial charge in [0.2, 0.25) is 5.91 Å². The fourth-order valence-electron chi connectivity index (χ4n) is 2.87. The van der Waals surface area contributed by atoms with E-state index in [1.807, 2.05) is 0 Å². The number of rotatable bonds is 6. The zero-order chi connectivity index (χ0) is 22.0. The summed E-state index contributed by atoms with van der Waals surface area (Å²) in [7, 11) is 0. The maximum atomic E-state index is 14.4. The SMILES string of the molecule is O=C(CSc1nc2ccsc2c(=O)n1-c1ccccc1F)NCc1ccc(F)cc1Cl. The molecule has 4 rings (SSSR count). The highest BCUT2D eigenvalue weighted by atomic mass is 35.5. The molecular weight excluding hydrogens is 464 g/mol. The monoisotopic (exact) mass is 477 g/mol. The van der Waals surface area contributed by atoms with Crippen LogP contribution in [0.3, 0.4) is 0 Å². The minimum absolute atomic E-state index is 0.0602. The quantitative estimate of drug-likeness (QED) is 0.320. The van der Waals surface area contributed by atoms with Crippen LogP contribution in [0.15, 0.2) is 63.9 Å². The van der Waals surface area contributed by atoms with Gasteiger partial charge in [-0.05, 0) is 41.3 Å². The largest absolute Gasteiger partial charge is 0.351 e. The molecule has 0 saturated carbocycles. The Kier molecular flexibility index (Phi) is 6.35. The van der Waals surface area contributed by atoms with Gasteiger partial charge in [-0.15, -0.1) is 11.3 Å². The highest BCUT2D eigenvalue weighted by Gasteiger charge is 2.18. The molecule has 1 amide bonds. The Morgan fingerprint density at radius 2 is 2.00 bits per heavy atom. The molecule has 0 aliphatic carbocycles. The number of thioether (sulfide) groups is 1. The Hall–Kier alpha value is -2.75. The highest BCUT2D eigenvalue weighted by molar-refractivity contribution is 7.99. The molecule has 1 N–H and O–H groups in total. The van der Waals surface area contributed by atoms with Gasteiger partial charge in [-0.2, -0.15) is 0 Å². The number of carbonyl (C=O) groups is 1. The second-order valence-electron chi connectivity index (χ2n) is 6.42. The van der Waals surface area contributed by atoms with E-state index < -0.39 is 17.2 Å². The number of thiophene rings is 1. The predicted octanol–water partition coefficient (Wildman–Crippen LogP) is 4.79. The molecule has 2 aromatic heterocycles. The molecule has 0 atom stereocenters. The van der Waals surface area contributed by atoms with E-state index in [-0.39, 0.29) is 34.1 Å². The maximum absolute atomic E-state index is 14.4. The summed E-state index contributed by atoms with van der Waals surface area (Å²) in [5.41, 5.74) is 0.730. The van der Waals surface area contributed by atoms with Crippen molar-refractivity contribution in [2.75, 3.05) is 5.75 Å². The average Bonchev–Trinajstić information content (AvgIpc) is 3.21. The summed E-state index contributed by atoms with van der Waals surface area (Å²) in [5, 5.41) is 4.85. The zero-order valence-corrected chi connectivity index (χ0v) is 18.2. The van der Waals surface area contributed by atoms with Gasteiger partial charge < -0.3 is 5.32 Å². The van der Waals surface area contributed by atoms with Crippen LogP contribution >= 0.6 is 34.7 Å². The molecule has 10 heteroatoms. The predicted molar refractivity (Wildman–Crippen MR) is 119 cm³/mol. The van der Waals surface area contributed by atoms with Crippen molar-refractivity contribution in [2.24, 2.45) is 0 Å². The third kappa shape index (κ3) is 4.63. The maximum Gasteiger partial charge on any atom is 0.276 e. The molecule has 0 saturated heterocycles. The number of halogens is 3. The summed E-state index contributed by atoms with van der Waals surface area (Å²) in [6.45, 7) is 0.121. The van der Waals surface area contributed by atoms with Crippen molar-refractivity contribution in [1.29, 1.82) is 0 Å². The summed E-state index contributed by atoms with van der Waals surface area (Å²) >= 11 is 8.21. The van der Waals surface area contributed by atoms with Crippen LogP contribution in [0.1, 0.15) is 5.56 Å². The van der Waals surface area contributed by atoms with Gasteiger partial charge >= 0.3 is 0 Å². The molecule has 4 aromatic rings. The molecular formula is C21H14ClF2N3O2S2. The first-order valence-electron chi connectivity index (χ1n) is 9.02. The highest BCUT2D eigenvalue weighted by Crippen LogP contribution is 2.25. The number of hydrogen-bond donors (Lipinski definition) is 1. The normalized spacial score (nSPS) is 11.1. The van der Waals surface area contributed by atoms with E-state index in [0.29, 0.717) is 15.8 Å². The van der Waals surface area contributed by atoms with Crippen LogP contribution in [-0.4, -0.2) is 21.2 Å². The fraction of sp³-hybridized carbons (Fsp3) is 0.0952. The van der Waals surface area contributed by atoms with E-state index in [9.17, 15) is 18.4 Å². The smallest absolute Gasteiger partial charge is 0.276 e. The average molecular weight is 478 g/mol. The molecule has 0 fully saturated rings. The molecule has 0 unspecified atom stereocenters. The van der Waals surface area contributed by atoms with Crippen LogP contribution in [0.2, 0.25) is 5.02 Å².